The molecule has 2 aromatic carbocycles. The molecule has 0 spiro atoms. The van der Waals surface area contributed by atoms with Gasteiger partial charge in [-0.15, -0.1) is 38.4 Å². The van der Waals surface area contributed by atoms with Gasteiger partial charge in [-0.05, 0) is 87.2 Å². The Morgan fingerprint density at radius 1 is 0.523 bits per heavy atom. The second-order valence-electron chi connectivity index (χ2n) is 19.5. The third-order valence-electron chi connectivity index (χ3n) is 11.6. The zero-order chi connectivity index (χ0) is 62.7. The van der Waals surface area contributed by atoms with Crippen LogP contribution in [0.3, 0.4) is 0 Å². The fraction of sp³-hybridized carbons (Fsp3) is 0.210. The number of halogens is 2. The van der Waals surface area contributed by atoms with Gasteiger partial charge < -0.3 is 38.6 Å². The van der Waals surface area contributed by atoms with E-state index in [-0.39, 0.29) is 44.0 Å². The fourth-order valence-corrected chi connectivity index (χ4v) is 10.7. The van der Waals surface area contributed by atoms with Gasteiger partial charge in [-0.25, -0.2) is 19.3 Å². The summed E-state index contributed by atoms with van der Waals surface area (Å²) < 4.78 is 35.7. The van der Waals surface area contributed by atoms with E-state index in [4.69, 9.17) is 33.5 Å². The summed E-state index contributed by atoms with van der Waals surface area (Å²) in [7, 11) is 3.40. The van der Waals surface area contributed by atoms with E-state index >= 15 is 0 Å². The molecule has 0 aliphatic carbocycles. The normalized spacial score (nSPS) is 11.2. The molecule has 0 aliphatic heterocycles. The number of nitrogens with zero attached hydrogens (tertiary/aromatic N) is 13. The van der Waals surface area contributed by atoms with E-state index in [1.54, 1.807) is 106 Å². The van der Waals surface area contributed by atoms with Gasteiger partial charge in [0.2, 0.25) is 0 Å². The molecule has 11 rings (SSSR count). The molecule has 11 aromatic rings. The Hall–Kier alpha value is -8.65. The van der Waals surface area contributed by atoms with E-state index in [0.29, 0.717) is 22.9 Å². The third kappa shape index (κ3) is 21.3. The quantitative estimate of drug-likeness (QED) is 0.0488. The van der Waals surface area contributed by atoms with Crippen molar-refractivity contribution >= 4 is 62.6 Å². The molecule has 88 heavy (non-hydrogen) atoms. The number of aryl methyl sites for hydroxylation is 2. The molecule has 0 saturated carbocycles. The number of thiazole rings is 2. The lowest BCUT2D eigenvalue weighted by molar-refractivity contribution is 0.0506. The SMILES string of the molecule is COCOc1cncc(-c2cn(C(c3ccccc3)c3scnc3C)nn2)c1.COCOc1cncc(Br)c1.COCOc1cncc(C#C[Si](C)(C)C)c1.Cc1ncsc1C(c1ccccc1)n1cc(-c2cncc(O)c2)nn1.Oc1cncc(Br)c1. The summed E-state index contributed by atoms with van der Waals surface area (Å²) in [5.41, 5.74) is 15.0. The van der Waals surface area contributed by atoms with Crippen LogP contribution in [0.15, 0.2) is 185 Å². The van der Waals surface area contributed by atoms with Crippen molar-refractivity contribution in [1.29, 1.82) is 0 Å². The lowest BCUT2D eigenvalue weighted by atomic mass is 10.0. The van der Waals surface area contributed by atoms with E-state index in [2.05, 4.69) is 143 Å². The largest absolute Gasteiger partial charge is 0.506 e. The molecular weight excluding hydrogens is 1310 g/mol. The zero-order valence-corrected chi connectivity index (χ0v) is 55.1. The van der Waals surface area contributed by atoms with Crippen LogP contribution in [0, 0.1) is 25.3 Å². The molecule has 9 heterocycles. The van der Waals surface area contributed by atoms with Gasteiger partial charge in [0.25, 0.3) is 0 Å². The van der Waals surface area contributed by atoms with Crippen LogP contribution in [-0.2, 0) is 14.2 Å². The van der Waals surface area contributed by atoms with Crippen molar-refractivity contribution in [1.82, 2.24) is 64.9 Å². The highest BCUT2D eigenvalue weighted by Gasteiger charge is 2.24. The van der Waals surface area contributed by atoms with Crippen LogP contribution >= 0.6 is 54.5 Å². The van der Waals surface area contributed by atoms with Gasteiger partial charge in [0, 0.05) is 77.9 Å². The van der Waals surface area contributed by atoms with E-state index in [1.165, 1.54) is 12.4 Å². The van der Waals surface area contributed by atoms with Crippen LogP contribution in [0.25, 0.3) is 22.5 Å². The summed E-state index contributed by atoms with van der Waals surface area (Å²) in [6, 6.07) is 29.0. The minimum atomic E-state index is -1.34. The van der Waals surface area contributed by atoms with Crippen LogP contribution in [-0.4, -0.2) is 125 Å². The fourth-order valence-electron chi connectivity index (χ4n) is 7.62. The van der Waals surface area contributed by atoms with E-state index < -0.39 is 8.07 Å². The van der Waals surface area contributed by atoms with Gasteiger partial charge in [-0.3, -0.25) is 24.9 Å². The van der Waals surface area contributed by atoms with Crippen LogP contribution in [0.4, 0.5) is 0 Å². The van der Waals surface area contributed by atoms with Crippen molar-refractivity contribution < 1.29 is 38.6 Å². The van der Waals surface area contributed by atoms with Crippen LogP contribution in [0.2, 0.25) is 19.6 Å². The highest BCUT2D eigenvalue weighted by molar-refractivity contribution is 9.10. The summed E-state index contributed by atoms with van der Waals surface area (Å²) >= 11 is 9.63. The van der Waals surface area contributed by atoms with Crippen molar-refractivity contribution in [3.8, 4) is 62.7 Å². The van der Waals surface area contributed by atoms with Gasteiger partial charge in [0.1, 0.15) is 60.3 Å². The van der Waals surface area contributed by atoms with Gasteiger partial charge in [0.15, 0.2) is 20.4 Å². The molecule has 0 fully saturated rings. The first-order valence-electron chi connectivity index (χ1n) is 26.7. The van der Waals surface area contributed by atoms with E-state index in [1.807, 2.05) is 101 Å². The summed E-state index contributed by atoms with van der Waals surface area (Å²) in [4.78, 5) is 30.9. The molecule has 2 N–H and O–H groups in total. The Morgan fingerprint density at radius 2 is 0.943 bits per heavy atom. The third-order valence-corrected chi connectivity index (χ3v) is 15.3. The van der Waals surface area contributed by atoms with Crippen molar-refractivity contribution in [2.75, 3.05) is 41.7 Å². The average Bonchev–Trinajstić information content (AvgIpc) is 2.29. The zero-order valence-electron chi connectivity index (χ0n) is 49.2. The Morgan fingerprint density at radius 3 is 1.36 bits per heavy atom. The second-order valence-corrected chi connectivity index (χ2v) is 27.9. The first-order chi connectivity index (χ1) is 42.6. The molecule has 0 amide bonds. The standard InChI is InChI=1S/C20H19N5O2S.C18H15N5OS.C12H17NO2Si.C7H8BrNO2.C5H4BrNO/c1-14-20(28-12-22-14)19(15-6-4-3-5-7-15)25-11-18(23-24-25)16-8-17(10-21-9-16)27-13-26-2;1-12-18(25-11-20-12)17(13-5-3-2-4-6-13)23-10-16(21-22-23)14-7-15(24)9-19-8-14;1-14-10-15-12-7-11(8-13-9-12)5-6-16(2,3)4;1-10-5-11-7-2-6(8)3-9-4-7;6-4-1-5(8)3-7-2-4/h3-12,19H,13H2,1-2H3;2-11,17,24H,1H3;7-9H,10H2,1-4H3;2-4H,5H2,1H3;1-3,8H. The van der Waals surface area contributed by atoms with E-state index in [9.17, 15) is 5.11 Å². The smallest absolute Gasteiger partial charge is 0.188 e. The molecule has 0 saturated heterocycles. The number of aromatic nitrogens is 13. The monoisotopic (exact) mass is 1370 g/mol. The maximum Gasteiger partial charge on any atom is 0.188 e. The van der Waals surface area contributed by atoms with Crippen molar-refractivity contribution in [2.45, 2.75) is 45.6 Å². The van der Waals surface area contributed by atoms with Gasteiger partial charge in [0.05, 0.1) is 75.5 Å². The van der Waals surface area contributed by atoms with Crippen molar-refractivity contribution in [3.63, 3.8) is 0 Å². The summed E-state index contributed by atoms with van der Waals surface area (Å²) in [6.07, 6.45) is 19.9. The molecule has 0 bridgehead atoms. The number of rotatable bonds is 17. The lowest BCUT2D eigenvalue weighted by Crippen LogP contribution is -2.16. The lowest BCUT2D eigenvalue weighted by Gasteiger charge is -2.16. The Kier molecular flexibility index (Phi) is 26.3. The molecule has 9 aromatic heterocycles. The predicted octanol–water partition coefficient (Wildman–Crippen LogP) is 12.8. The Labute approximate surface area is 535 Å². The maximum atomic E-state index is 9.63. The highest BCUT2D eigenvalue weighted by atomic mass is 79.9. The number of methoxy groups -OCH3 is 3. The molecular formula is C62H63Br2N13O8S2Si. The maximum absolute atomic E-state index is 9.63. The first-order valence-corrected chi connectivity index (χ1v) is 33.5. The molecule has 26 heteroatoms. The summed E-state index contributed by atoms with van der Waals surface area (Å²) in [5, 5.41) is 35.7. The Balaban J connectivity index is 0.000000168. The number of aromatic hydroxyl groups is 2. The van der Waals surface area contributed by atoms with Gasteiger partial charge in [-0.2, -0.15) is 0 Å². The number of benzene rings is 2. The van der Waals surface area contributed by atoms with Crippen LogP contribution in [0.1, 0.15) is 49.9 Å². The average molecular weight is 1370 g/mol. The molecule has 2 atom stereocenters. The highest BCUT2D eigenvalue weighted by Crippen LogP contribution is 2.34. The summed E-state index contributed by atoms with van der Waals surface area (Å²) in [5.74, 6) is 5.41. The predicted molar refractivity (Wildman–Crippen MR) is 347 cm³/mol. The number of ether oxygens (including phenoxy) is 6. The van der Waals surface area contributed by atoms with Crippen LogP contribution in [0.5, 0.6) is 28.7 Å². The molecule has 454 valence electrons. The molecule has 0 aliphatic rings. The van der Waals surface area contributed by atoms with Crippen molar-refractivity contribution in [2.24, 2.45) is 0 Å². The molecule has 21 nitrogen and oxygen atoms in total. The number of pyridine rings is 5. The second kappa shape index (κ2) is 34.6. The van der Waals surface area contributed by atoms with Crippen LogP contribution < -0.4 is 14.2 Å². The first kappa shape index (κ1) is 66.9. The van der Waals surface area contributed by atoms with Gasteiger partial charge in [-0.1, -0.05) is 96.7 Å². The van der Waals surface area contributed by atoms with E-state index in [0.717, 1.165) is 63.6 Å². The number of hydrogen-bond acceptors (Lipinski definition) is 21. The minimum Gasteiger partial charge on any atom is -0.506 e. The Bertz CT molecular complexity index is 3920. The minimum absolute atomic E-state index is 0.0872. The van der Waals surface area contributed by atoms with Crippen molar-refractivity contribution in [3.05, 3.63) is 223 Å². The molecule has 0 radical (unpaired) electrons. The van der Waals surface area contributed by atoms with Gasteiger partial charge >= 0.3 is 0 Å². The topological polar surface area (TPSA) is 247 Å². The number of hydrogen-bond donors (Lipinski definition) is 2. The molecule has 2 unspecified atom stereocenters. The summed E-state index contributed by atoms with van der Waals surface area (Å²) in [6.45, 7) is 11.3.